The fourth-order valence-corrected chi connectivity index (χ4v) is 3.09. The Balaban J connectivity index is 1.94. The predicted octanol–water partition coefficient (Wildman–Crippen LogP) is 1.82. The van der Waals surface area contributed by atoms with E-state index < -0.39 is 0 Å². The number of hydrogen-bond donors (Lipinski definition) is 0. The molecule has 2 rings (SSSR count). The first-order valence-electron chi connectivity index (χ1n) is 5.38. The van der Waals surface area contributed by atoms with Crippen LogP contribution in [0.15, 0.2) is 12.4 Å². The number of thioether (sulfide) groups is 1. The minimum Gasteiger partial charge on any atom is -0.338 e. The molecular weight excluding hydrogens is 208 g/mol. The van der Waals surface area contributed by atoms with Gasteiger partial charge in [0.25, 0.3) is 0 Å². The topological polar surface area (TPSA) is 34.9 Å². The van der Waals surface area contributed by atoms with Crippen LogP contribution in [0.5, 0.6) is 0 Å². The number of carbonyl (C=O) groups excluding carboxylic acids is 1. The van der Waals surface area contributed by atoms with E-state index in [0.717, 1.165) is 18.0 Å². The largest absolute Gasteiger partial charge is 0.338 e. The molecule has 0 bridgehead atoms. The van der Waals surface area contributed by atoms with Gasteiger partial charge in [0.05, 0.1) is 11.7 Å². The van der Waals surface area contributed by atoms with Crippen LogP contribution in [-0.2, 0) is 18.3 Å². The molecule has 0 radical (unpaired) electrons. The first-order chi connectivity index (χ1) is 7.27. The summed E-state index contributed by atoms with van der Waals surface area (Å²) in [4.78, 5) is 16.1. The third-order valence-corrected chi connectivity index (χ3v) is 4.22. The second kappa shape index (κ2) is 4.84. The highest BCUT2D eigenvalue weighted by molar-refractivity contribution is 8.00. The zero-order valence-corrected chi connectivity index (χ0v) is 9.80. The van der Waals surface area contributed by atoms with Gasteiger partial charge in [-0.3, -0.25) is 4.79 Å². The van der Waals surface area contributed by atoms with Gasteiger partial charge in [-0.05, 0) is 18.6 Å². The third kappa shape index (κ3) is 2.62. The summed E-state index contributed by atoms with van der Waals surface area (Å²) in [7, 11) is 1.93. The number of aryl methyl sites for hydroxylation is 1. The number of aromatic nitrogens is 2. The summed E-state index contributed by atoms with van der Waals surface area (Å²) in [6.45, 7) is 0. The van der Waals surface area contributed by atoms with Crippen molar-refractivity contribution in [3.8, 4) is 0 Å². The molecule has 1 unspecified atom stereocenters. The zero-order valence-electron chi connectivity index (χ0n) is 8.98. The smallest absolute Gasteiger partial charge is 0.153 e. The molecule has 1 saturated heterocycles. The van der Waals surface area contributed by atoms with Gasteiger partial charge < -0.3 is 4.57 Å². The van der Waals surface area contributed by atoms with E-state index in [1.54, 1.807) is 6.20 Å². The van der Waals surface area contributed by atoms with Crippen molar-refractivity contribution in [3.05, 3.63) is 18.2 Å². The average molecular weight is 224 g/mol. The summed E-state index contributed by atoms with van der Waals surface area (Å²) >= 11 is 1.81. The molecule has 15 heavy (non-hydrogen) atoms. The van der Waals surface area contributed by atoms with Crippen LogP contribution in [-0.4, -0.2) is 26.3 Å². The molecule has 0 aromatic carbocycles. The summed E-state index contributed by atoms with van der Waals surface area (Å²) in [5, 5.41) is 0.218. The summed E-state index contributed by atoms with van der Waals surface area (Å²) in [5.41, 5.74) is 0. The molecule has 4 heteroatoms. The monoisotopic (exact) mass is 224 g/mol. The number of ketones is 1. The number of imidazole rings is 1. The highest BCUT2D eigenvalue weighted by Gasteiger charge is 2.22. The maximum absolute atomic E-state index is 11.9. The standard InChI is InChI=1S/C11H16N2OS/c1-13-6-5-12-11(13)8-9(14)10-4-2-3-7-15-10/h5-6,10H,2-4,7-8H2,1H3. The van der Waals surface area contributed by atoms with Gasteiger partial charge in [-0.1, -0.05) is 6.42 Å². The van der Waals surface area contributed by atoms with E-state index in [1.807, 2.05) is 29.6 Å². The van der Waals surface area contributed by atoms with Crippen molar-refractivity contribution < 1.29 is 4.79 Å². The van der Waals surface area contributed by atoms with E-state index in [-0.39, 0.29) is 5.25 Å². The maximum Gasteiger partial charge on any atom is 0.153 e. The number of nitrogens with zero attached hydrogens (tertiary/aromatic N) is 2. The molecule has 82 valence electrons. The minimum atomic E-state index is 0.218. The van der Waals surface area contributed by atoms with Crippen LogP contribution in [0.25, 0.3) is 0 Å². The van der Waals surface area contributed by atoms with Gasteiger partial charge in [0.1, 0.15) is 5.82 Å². The lowest BCUT2D eigenvalue weighted by Crippen LogP contribution is -2.23. The number of hydrogen-bond acceptors (Lipinski definition) is 3. The minimum absolute atomic E-state index is 0.218. The molecule has 0 amide bonds. The van der Waals surface area contributed by atoms with Crippen LogP contribution in [0.3, 0.4) is 0 Å². The molecule has 2 heterocycles. The van der Waals surface area contributed by atoms with Crippen molar-refractivity contribution in [1.29, 1.82) is 0 Å². The van der Waals surface area contributed by atoms with Crippen molar-refractivity contribution in [2.45, 2.75) is 30.9 Å². The van der Waals surface area contributed by atoms with Gasteiger partial charge in [-0.25, -0.2) is 4.98 Å². The summed E-state index contributed by atoms with van der Waals surface area (Å²) < 4.78 is 1.92. The van der Waals surface area contributed by atoms with Gasteiger partial charge in [-0.2, -0.15) is 11.8 Å². The van der Waals surface area contributed by atoms with Crippen LogP contribution in [0.4, 0.5) is 0 Å². The van der Waals surface area contributed by atoms with Crippen molar-refractivity contribution in [2.24, 2.45) is 7.05 Å². The van der Waals surface area contributed by atoms with Gasteiger partial charge in [0.2, 0.25) is 0 Å². The van der Waals surface area contributed by atoms with Gasteiger partial charge in [-0.15, -0.1) is 0 Å². The molecule has 3 nitrogen and oxygen atoms in total. The quantitative estimate of drug-likeness (QED) is 0.785. The van der Waals surface area contributed by atoms with Crippen molar-refractivity contribution in [3.63, 3.8) is 0 Å². The molecule has 1 fully saturated rings. The van der Waals surface area contributed by atoms with E-state index in [1.165, 1.54) is 12.8 Å². The summed E-state index contributed by atoms with van der Waals surface area (Å²) in [6, 6.07) is 0. The normalized spacial score (nSPS) is 21.5. The number of carbonyl (C=O) groups is 1. The molecule has 0 saturated carbocycles. The van der Waals surface area contributed by atoms with Crippen LogP contribution >= 0.6 is 11.8 Å². The highest BCUT2D eigenvalue weighted by Crippen LogP contribution is 2.26. The Labute approximate surface area is 94.3 Å². The van der Waals surface area contributed by atoms with E-state index >= 15 is 0 Å². The summed E-state index contributed by atoms with van der Waals surface area (Å²) in [6.07, 6.45) is 7.63. The first-order valence-corrected chi connectivity index (χ1v) is 6.43. The van der Waals surface area contributed by atoms with Crippen molar-refractivity contribution in [2.75, 3.05) is 5.75 Å². The Hall–Kier alpha value is -0.770. The molecule has 0 aliphatic carbocycles. The molecule has 1 aliphatic rings. The Morgan fingerprint density at radius 2 is 2.53 bits per heavy atom. The lowest BCUT2D eigenvalue weighted by molar-refractivity contribution is -0.118. The Morgan fingerprint density at radius 3 is 3.13 bits per heavy atom. The van der Waals surface area contributed by atoms with E-state index in [9.17, 15) is 4.79 Å². The fourth-order valence-electron chi connectivity index (χ4n) is 1.83. The molecular formula is C11H16N2OS. The Kier molecular flexibility index (Phi) is 3.46. The second-order valence-electron chi connectivity index (χ2n) is 3.95. The fraction of sp³-hybridized carbons (Fsp3) is 0.636. The highest BCUT2D eigenvalue weighted by atomic mass is 32.2. The molecule has 0 N–H and O–H groups in total. The Morgan fingerprint density at radius 1 is 1.67 bits per heavy atom. The second-order valence-corrected chi connectivity index (χ2v) is 5.26. The van der Waals surface area contributed by atoms with Crippen LogP contribution < -0.4 is 0 Å². The molecule has 1 aromatic heterocycles. The lowest BCUT2D eigenvalue weighted by atomic mass is 10.1. The molecule has 1 aromatic rings. The first kappa shape index (κ1) is 10.7. The van der Waals surface area contributed by atoms with Crippen LogP contribution in [0, 0.1) is 0 Å². The Bertz CT molecular complexity index is 342. The average Bonchev–Trinajstić information content (AvgIpc) is 2.66. The predicted molar refractivity (Wildman–Crippen MR) is 62.0 cm³/mol. The van der Waals surface area contributed by atoms with Crippen molar-refractivity contribution in [1.82, 2.24) is 9.55 Å². The third-order valence-electron chi connectivity index (χ3n) is 2.79. The maximum atomic E-state index is 11.9. The van der Waals surface area contributed by atoms with Gasteiger partial charge >= 0.3 is 0 Å². The SMILES string of the molecule is Cn1ccnc1CC(=O)C1CCCCS1. The van der Waals surface area contributed by atoms with E-state index in [0.29, 0.717) is 12.2 Å². The molecule has 1 atom stereocenters. The summed E-state index contributed by atoms with van der Waals surface area (Å²) in [5.74, 6) is 2.36. The van der Waals surface area contributed by atoms with E-state index in [4.69, 9.17) is 0 Å². The van der Waals surface area contributed by atoms with Crippen LogP contribution in [0.2, 0.25) is 0 Å². The van der Waals surface area contributed by atoms with Crippen LogP contribution in [0.1, 0.15) is 25.1 Å². The van der Waals surface area contributed by atoms with Gasteiger partial charge in [0.15, 0.2) is 5.78 Å². The molecule has 0 spiro atoms. The van der Waals surface area contributed by atoms with Gasteiger partial charge in [0, 0.05) is 19.4 Å². The van der Waals surface area contributed by atoms with E-state index in [2.05, 4.69) is 4.98 Å². The number of Topliss-reactive ketones (excluding diaryl/α,β-unsaturated/α-hetero) is 1. The van der Waals surface area contributed by atoms with Crippen molar-refractivity contribution >= 4 is 17.5 Å². The zero-order chi connectivity index (χ0) is 10.7. The lowest BCUT2D eigenvalue weighted by Gasteiger charge is -2.19. The molecule has 1 aliphatic heterocycles. The number of rotatable bonds is 3.